The van der Waals surface area contributed by atoms with Crippen molar-refractivity contribution in [2.24, 2.45) is 10.3 Å². The lowest BCUT2D eigenvalue weighted by atomic mass is 9.89. The SMILES string of the molecule is CCOP(=O)(OCC)C1(/N=N/NS(=O)(=O)c2c(C(C)C)cc(C(C)C)cc2C(C)C)CCCC1. The van der Waals surface area contributed by atoms with E-state index in [-0.39, 0.29) is 35.9 Å². The summed E-state index contributed by atoms with van der Waals surface area (Å²) in [4.78, 5) is 2.57. The molecule has 8 nitrogen and oxygen atoms in total. The fourth-order valence-corrected chi connectivity index (χ4v) is 8.10. The average molecular weight is 516 g/mol. The van der Waals surface area contributed by atoms with E-state index in [4.69, 9.17) is 9.05 Å². The van der Waals surface area contributed by atoms with Gasteiger partial charge in [0.1, 0.15) is 0 Å². The van der Waals surface area contributed by atoms with Crippen molar-refractivity contribution >= 4 is 17.6 Å². The van der Waals surface area contributed by atoms with Crippen molar-refractivity contribution in [1.29, 1.82) is 0 Å². The van der Waals surface area contributed by atoms with Gasteiger partial charge in [0.25, 0.3) is 10.0 Å². The number of sulfonamides is 1. The molecule has 0 aliphatic heterocycles. The summed E-state index contributed by atoms with van der Waals surface area (Å²) in [7, 11) is -7.64. The molecular formula is C24H42N3O5PS. The van der Waals surface area contributed by atoms with Crippen LogP contribution in [0.4, 0.5) is 0 Å². The van der Waals surface area contributed by atoms with E-state index >= 15 is 0 Å². The van der Waals surface area contributed by atoms with E-state index in [1.807, 2.05) is 39.8 Å². The van der Waals surface area contributed by atoms with E-state index in [1.165, 1.54) is 0 Å². The molecule has 1 N–H and O–H groups in total. The van der Waals surface area contributed by atoms with Crippen LogP contribution < -0.4 is 4.83 Å². The van der Waals surface area contributed by atoms with Gasteiger partial charge >= 0.3 is 7.60 Å². The van der Waals surface area contributed by atoms with E-state index in [9.17, 15) is 13.0 Å². The largest absolute Gasteiger partial charge is 0.359 e. The van der Waals surface area contributed by atoms with Gasteiger partial charge in [-0.1, -0.05) is 71.7 Å². The van der Waals surface area contributed by atoms with Crippen molar-refractivity contribution in [3.8, 4) is 0 Å². The lowest BCUT2D eigenvalue weighted by Crippen LogP contribution is -2.27. The van der Waals surface area contributed by atoms with E-state index in [0.717, 1.165) is 29.5 Å². The Balaban J connectivity index is 2.53. The molecule has 0 bridgehead atoms. The average Bonchev–Trinajstić information content (AvgIpc) is 3.23. The van der Waals surface area contributed by atoms with Crippen molar-refractivity contribution in [3.05, 3.63) is 28.8 Å². The summed E-state index contributed by atoms with van der Waals surface area (Å²) in [5.41, 5.74) is 2.61. The summed E-state index contributed by atoms with van der Waals surface area (Å²) < 4.78 is 51.8. The van der Waals surface area contributed by atoms with Crippen molar-refractivity contribution < 1.29 is 22.0 Å². The Bertz CT molecular complexity index is 976. The smallest absolute Gasteiger partial charge is 0.307 e. The molecule has 0 heterocycles. The molecule has 0 atom stereocenters. The molecule has 0 aromatic heterocycles. The minimum absolute atomic E-state index is 0.00276. The minimum atomic E-state index is -4.02. The van der Waals surface area contributed by atoms with Crippen LogP contribution in [-0.2, 0) is 23.6 Å². The highest BCUT2D eigenvalue weighted by atomic mass is 32.2. The Kier molecular flexibility index (Phi) is 9.91. The maximum atomic E-state index is 13.6. The molecule has 194 valence electrons. The molecule has 1 aromatic carbocycles. The highest BCUT2D eigenvalue weighted by molar-refractivity contribution is 7.89. The van der Waals surface area contributed by atoms with Gasteiger partial charge in [0.15, 0.2) is 5.28 Å². The molecule has 0 spiro atoms. The molecule has 1 aliphatic carbocycles. The van der Waals surface area contributed by atoms with Crippen LogP contribution in [0.1, 0.15) is 116 Å². The van der Waals surface area contributed by atoms with Crippen LogP contribution in [-0.4, -0.2) is 26.9 Å². The van der Waals surface area contributed by atoms with Crippen molar-refractivity contribution in [3.63, 3.8) is 0 Å². The summed E-state index contributed by atoms with van der Waals surface area (Å²) in [6.45, 7) is 16.0. The van der Waals surface area contributed by atoms with Gasteiger partial charge in [0.05, 0.1) is 18.1 Å². The predicted octanol–water partition coefficient (Wildman–Crippen LogP) is 7.24. The molecule has 0 amide bonds. The fraction of sp³-hybridized carbons (Fsp3) is 0.750. The van der Waals surface area contributed by atoms with Crippen LogP contribution in [0.2, 0.25) is 0 Å². The zero-order valence-corrected chi connectivity index (χ0v) is 23.6. The lowest BCUT2D eigenvalue weighted by Gasteiger charge is -2.31. The van der Waals surface area contributed by atoms with Gasteiger partial charge in [-0.3, -0.25) is 4.57 Å². The molecule has 0 radical (unpaired) electrons. The van der Waals surface area contributed by atoms with Crippen LogP contribution >= 0.6 is 7.60 Å². The summed E-state index contributed by atoms with van der Waals surface area (Å²) >= 11 is 0. The normalized spacial score (nSPS) is 16.9. The topological polar surface area (TPSA) is 106 Å². The number of hydrogen-bond acceptors (Lipinski definition) is 7. The standard InChI is InChI=1S/C24H42N3O5PS/c1-9-31-33(28,32-10-2)24(13-11-12-14-24)25-26-27-34(29,30)23-21(18(5)6)15-20(17(3)4)16-22(23)19(7)8/h15-19H,9-14H2,1-8H3,(H,25,27). The molecule has 34 heavy (non-hydrogen) atoms. The molecule has 0 saturated heterocycles. The van der Waals surface area contributed by atoms with E-state index in [2.05, 4.69) is 29.0 Å². The third kappa shape index (κ3) is 6.10. The first kappa shape index (κ1) is 29.0. The maximum absolute atomic E-state index is 13.6. The number of nitrogens with zero attached hydrogens (tertiary/aromatic N) is 2. The predicted molar refractivity (Wildman–Crippen MR) is 136 cm³/mol. The van der Waals surface area contributed by atoms with Gasteiger partial charge in [0.2, 0.25) is 0 Å². The molecule has 1 fully saturated rings. The summed E-state index contributed by atoms with van der Waals surface area (Å²) in [5.74, 6) is 0.266. The third-order valence-electron chi connectivity index (χ3n) is 6.26. The van der Waals surface area contributed by atoms with Crippen LogP contribution in [0, 0.1) is 0 Å². The Morgan fingerprint density at radius 2 is 1.41 bits per heavy atom. The first-order valence-electron chi connectivity index (χ1n) is 12.3. The fourth-order valence-electron chi connectivity index (χ4n) is 4.40. The minimum Gasteiger partial charge on any atom is -0.307 e. The Hall–Kier alpha value is -1.28. The third-order valence-corrected chi connectivity index (χ3v) is 10.3. The second-order valence-electron chi connectivity index (χ2n) is 9.81. The van der Waals surface area contributed by atoms with Gasteiger partial charge in [0, 0.05) is 0 Å². The Labute approximate surface area is 205 Å². The second kappa shape index (κ2) is 11.6. The first-order chi connectivity index (χ1) is 15.8. The van der Waals surface area contributed by atoms with Crippen LogP contribution in [0.3, 0.4) is 0 Å². The lowest BCUT2D eigenvalue weighted by molar-refractivity contribution is 0.194. The van der Waals surface area contributed by atoms with E-state index in [0.29, 0.717) is 12.8 Å². The molecule has 1 aromatic rings. The molecular weight excluding hydrogens is 473 g/mol. The van der Waals surface area contributed by atoms with Gasteiger partial charge in [-0.05, 0) is 61.1 Å². The van der Waals surface area contributed by atoms with Crippen LogP contribution in [0.15, 0.2) is 27.4 Å². The zero-order valence-electron chi connectivity index (χ0n) is 21.9. The number of hydrogen-bond donors (Lipinski definition) is 1. The molecule has 2 rings (SSSR count). The highest BCUT2D eigenvalue weighted by Gasteiger charge is 2.53. The summed E-state index contributed by atoms with van der Waals surface area (Å²) in [6.07, 6.45) is 2.52. The maximum Gasteiger partial charge on any atom is 0.359 e. The van der Waals surface area contributed by atoms with Crippen molar-refractivity contribution in [2.75, 3.05) is 13.2 Å². The van der Waals surface area contributed by atoms with Gasteiger partial charge in [-0.2, -0.15) is 18.4 Å². The molecule has 10 heteroatoms. The Morgan fingerprint density at radius 1 is 0.941 bits per heavy atom. The number of nitrogens with one attached hydrogen (secondary N) is 1. The molecule has 0 unspecified atom stereocenters. The van der Waals surface area contributed by atoms with Gasteiger partial charge < -0.3 is 9.05 Å². The van der Waals surface area contributed by atoms with Crippen molar-refractivity contribution in [2.45, 2.75) is 109 Å². The van der Waals surface area contributed by atoms with E-state index in [1.54, 1.807) is 13.8 Å². The van der Waals surface area contributed by atoms with Gasteiger partial charge in [-0.25, -0.2) is 0 Å². The Morgan fingerprint density at radius 3 is 1.79 bits per heavy atom. The quantitative estimate of drug-likeness (QED) is 0.179. The first-order valence-corrected chi connectivity index (χ1v) is 15.4. The van der Waals surface area contributed by atoms with Crippen LogP contribution in [0.25, 0.3) is 0 Å². The van der Waals surface area contributed by atoms with Crippen molar-refractivity contribution in [1.82, 2.24) is 4.83 Å². The summed E-state index contributed by atoms with van der Waals surface area (Å²) in [6, 6.07) is 3.95. The second-order valence-corrected chi connectivity index (χ2v) is 13.8. The monoisotopic (exact) mass is 515 g/mol. The number of rotatable bonds is 12. The molecule has 1 saturated carbocycles. The van der Waals surface area contributed by atoms with Gasteiger partial charge in [-0.15, -0.1) is 0 Å². The zero-order chi connectivity index (χ0) is 25.7. The van der Waals surface area contributed by atoms with Crippen LogP contribution in [0.5, 0.6) is 0 Å². The van der Waals surface area contributed by atoms with E-state index < -0.39 is 22.9 Å². The summed E-state index contributed by atoms with van der Waals surface area (Å²) in [5, 5.41) is 7.03. The molecule has 1 aliphatic rings. The highest BCUT2D eigenvalue weighted by Crippen LogP contribution is 2.66. The number of benzene rings is 1.